The highest BCUT2D eigenvalue weighted by Crippen LogP contribution is 2.25. The van der Waals surface area contributed by atoms with Gasteiger partial charge in [0.05, 0.1) is 5.75 Å². The normalized spacial score (nSPS) is 12.7. The fourth-order valence-electron chi connectivity index (χ4n) is 3.47. The third-order valence-corrected chi connectivity index (χ3v) is 6.08. The van der Waals surface area contributed by atoms with Crippen LogP contribution in [0, 0.1) is 6.92 Å². The quantitative estimate of drug-likeness (QED) is 0.300. The second-order valence-corrected chi connectivity index (χ2v) is 8.48. The molecule has 1 amide bonds. The summed E-state index contributed by atoms with van der Waals surface area (Å²) in [5, 5.41) is 12.0. The molecule has 2 heterocycles. The zero-order chi connectivity index (χ0) is 22.5. The van der Waals surface area contributed by atoms with Gasteiger partial charge in [-0.2, -0.15) is 0 Å². The number of ether oxygens (including phenoxy) is 1. The number of aryl methyl sites for hydroxylation is 2. The summed E-state index contributed by atoms with van der Waals surface area (Å²) in [5.41, 5.74) is 3.53. The van der Waals surface area contributed by atoms with Gasteiger partial charge in [0.2, 0.25) is 5.91 Å². The molecule has 0 spiro atoms. The number of hydrogen-bond donors (Lipinski definition) is 1. The molecule has 0 saturated carbocycles. The zero-order valence-corrected chi connectivity index (χ0v) is 18.7. The lowest BCUT2D eigenvalue weighted by Gasteiger charge is -2.17. The summed E-state index contributed by atoms with van der Waals surface area (Å²) in [7, 11) is 0. The van der Waals surface area contributed by atoms with Crippen molar-refractivity contribution >= 4 is 29.1 Å². The van der Waals surface area contributed by atoms with Gasteiger partial charge >= 0.3 is 0 Å². The first kappa shape index (κ1) is 21.8. The number of nitrogens with one attached hydrogen (secondary N) is 1. The Morgan fingerprint density at radius 1 is 1.25 bits per heavy atom. The van der Waals surface area contributed by atoms with Crippen LogP contribution in [-0.4, -0.2) is 32.2 Å². The van der Waals surface area contributed by atoms with E-state index in [0.29, 0.717) is 35.9 Å². The van der Waals surface area contributed by atoms with E-state index in [0.717, 1.165) is 22.6 Å². The molecule has 1 aromatic heterocycles. The number of ketones is 1. The molecule has 0 aliphatic carbocycles. The van der Waals surface area contributed by atoms with Gasteiger partial charge in [-0.25, -0.2) is 0 Å². The second-order valence-electron chi connectivity index (χ2n) is 7.54. The third kappa shape index (κ3) is 5.08. The summed E-state index contributed by atoms with van der Waals surface area (Å²) in [6, 6.07) is 13.2. The molecule has 1 aliphatic heterocycles. The van der Waals surface area contributed by atoms with Crippen LogP contribution in [0.2, 0.25) is 0 Å². The van der Waals surface area contributed by atoms with Gasteiger partial charge in [0, 0.05) is 24.2 Å². The van der Waals surface area contributed by atoms with Crippen molar-refractivity contribution in [2.75, 3.05) is 11.1 Å². The van der Waals surface area contributed by atoms with E-state index in [1.54, 1.807) is 18.2 Å². The number of aromatic nitrogens is 3. The second kappa shape index (κ2) is 9.82. The van der Waals surface area contributed by atoms with Crippen LogP contribution in [0.3, 0.4) is 0 Å². The number of hydrogen-bond acceptors (Lipinski definition) is 6. The maximum Gasteiger partial charge on any atom is 0.224 e. The van der Waals surface area contributed by atoms with Crippen molar-refractivity contribution in [3.05, 3.63) is 77.6 Å². The first-order chi connectivity index (χ1) is 15.5. The van der Waals surface area contributed by atoms with Crippen molar-refractivity contribution in [3.8, 4) is 5.75 Å². The fraction of sp³-hybridized carbons (Fsp3) is 0.250. The number of fused-ring (bicyclic) bond motifs is 1. The predicted molar refractivity (Wildman–Crippen MR) is 124 cm³/mol. The monoisotopic (exact) mass is 448 g/mol. The lowest BCUT2D eigenvalue weighted by atomic mass is 9.99. The van der Waals surface area contributed by atoms with E-state index in [9.17, 15) is 9.59 Å². The molecule has 0 unspecified atom stereocenters. The summed E-state index contributed by atoms with van der Waals surface area (Å²) in [6.07, 6.45) is 2.86. The van der Waals surface area contributed by atoms with Crippen LogP contribution in [0.25, 0.3) is 0 Å². The minimum Gasteiger partial charge on any atom is -0.486 e. The zero-order valence-electron chi connectivity index (χ0n) is 17.8. The molecule has 8 heteroatoms. The van der Waals surface area contributed by atoms with Crippen molar-refractivity contribution in [2.45, 2.75) is 38.1 Å². The number of carbonyl (C=O) groups is 2. The number of anilines is 1. The summed E-state index contributed by atoms with van der Waals surface area (Å²) in [6.45, 7) is 6.62. The number of benzene rings is 2. The molecule has 32 heavy (non-hydrogen) atoms. The molecule has 0 saturated heterocycles. The van der Waals surface area contributed by atoms with Gasteiger partial charge in [0.15, 0.2) is 16.8 Å². The summed E-state index contributed by atoms with van der Waals surface area (Å²) >= 11 is 1.34. The molecular weight excluding hydrogens is 424 g/mol. The van der Waals surface area contributed by atoms with Gasteiger partial charge in [-0.1, -0.05) is 30.0 Å². The Morgan fingerprint density at radius 3 is 2.94 bits per heavy atom. The van der Waals surface area contributed by atoms with E-state index in [1.165, 1.54) is 11.8 Å². The Kier molecular flexibility index (Phi) is 6.70. The van der Waals surface area contributed by atoms with Crippen LogP contribution >= 0.6 is 11.8 Å². The fourth-order valence-corrected chi connectivity index (χ4v) is 4.33. The molecule has 0 bridgehead atoms. The van der Waals surface area contributed by atoms with Gasteiger partial charge in [-0.15, -0.1) is 16.8 Å². The van der Waals surface area contributed by atoms with Gasteiger partial charge < -0.3 is 10.1 Å². The van der Waals surface area contributed by atoms with Crippen LogP contribution in [0.5, 0.6) is 5.75 Å². The van der Waals surface area contributed by atoms with Crippen LogP contribution in [0.4, 0.5) is 5.69 Å². The molecule has 3 aromatic rings. The number of nitrogens with zero attached hydrogens (tertiary/aromatic N) is 3. The smallest absolute Gasteiger partial charge is 0.224 e. The predicted octanol–water partition coefficient (Wildman–Crippen LogP) is 4.21. The Hall–Kier alpha value is -3.39. The minimum atomic E-state index is 0.000383. The maximum atomic E-state index is 12.8. The summed E-state index contributed by atoms with van der Waals surface area (Å²) in [4.78, 5) is 24.3. The Balaban J connectivity index is 1.42. The van der Waals surface area contributed by atoms with Crippen LogP contribution < -0.4 is 10.1 Å². The van der Waals surface area contributed by atoms with E-state index < -0.39 is 0 Å². The highest BCUT2D eigenvalue weighted by Gasteiger charge is 2.18. The molecule has 4 rings (SSSR count). The van der Waals surface area contributed by atoms with E-state index >= 15 is 0 Å². The molecule has 2 aromatic carbocycles. The Labute approximate surface area is 190 Å². The number of carbonyl (C=O) groups excluding carboxylic acids is 2. The number of Topliss-reactive ketones (excluding diaryl/α,β-unsaturated/α-hetero) is 1. The Morgan fingerprint density at radius 2 is 2.12 bits per heavy atom. The van der Waals surface area contributed by atoms with Gasteiger partial charge in [-0.05, 0) is 54.8 Å². The number of allylic oxidation sites excluding steroid dienone is 1. The van der Waals surface area contributed by atoms with Crippen LogP contribution in [0.15, 0.2) is 60.3 Å². The lowest BCUT2D eigenvalue weighted by Crippen LogP contribution is -2.19. The topological polar surface area (TPSA) is 86.1 Å². The average Bonchev–Trinajstić information content (AvgIpc) is 3.17. The molecule has 1 N–H and O–H groups in total. The van der Waals surface area contributed by atoms with Crippen LogP contribution in [-0.2, 0) is 24.4 Å². The van der Waals surface area contributed by atoms with E-state index in [-0.39, 0.29) is 24.1 Å². The molecule has 1 aliphatic rings. The lowest BCUT2D eigenvalue weighted by molar-refractivity contribution is -0.116. The van der Waals surface area contributed by atoms with Crippen molar-refractivity contribution in [1.29, 1.82) is 0 Å². The number of rotatable bonds is 9. The maximum absolute atomic E-state index is 12.8. The SMILES string of the molecule is C=CCn1c(COc2cccc(C)c2)nnc1SCC(=O)c1ccc2c(c1)CCC(=O)N2. The molecule has 164 valence electrons. The van der Waals surface area contributed by atoms with E-state index in [2.05, 4.69) is 22.1 Å². The van der Waals surface area contributed by atoms with E-state index in [1.807, 2.05) is 41.8 Å². The molecule has 7 nitrogen and oxygen atoms in total. The third-order valence-electron chi connectivity index (χ3n) is 5.12. The first-order valence-electron chi connectivity index (χ1n) is 10.3. The standard InChI is InChI=1S/C24H24N4O3S/c1-3-11-28-22(14-31-19-6-4-5-16(2)12-19)26-27-24(28)32-15-21(29)18-7-9-20-17(13-18)8-10-23(30)25-20/h3-7,9,12-13H,1,8,10-11,14-15H2,2H3,(H,25,30). The van der Waals surface area contributed by atoms with Gasteiger partial charge in [-0.3, -0.25) is 14.2 Å². The van der Waals surface area contributed by atoms with Crippen molar-refractivity contribution in [1.82, 2.24) is 14.8 Å². The van der Waals surface area contributed by atoms with E-state index in [4.69, 9.17) is 4.74 Å². The van der Waals surface area contributed by atoms with Gasteiger partial charge in [0.1, 0.15) is 12.4 Å². The summed E-state index contributed by atoms with van der Waals surface area (Å²) < 4.78 is 7.77. The minimum absolute atomic E-state index is 0.000383. The van der Waals surface area contributed by atoms with Crippen molar-refractivity contribution in [3.63, 3.8) is 0 Å². The van der Waals surface area contributed by atoms with Crippen LogP contribution in [0.1, 0.15) is 33.7 Å². The molecule has 0 atom stereocenters. The van der Waals surface area contributed by atoms with Crippen molar-refractivity contribution < 1.29 is 14.3 Å². The molecular formula is C24H24N4O3S. The van der Waals surface area contributed by atoms with Crippen molar-refractivity contribution in [2.24, 2.45) is 0 Å². The molecule has 0 fully saturated rings. The largest absolute Gasteiger partial charge is 0.486 e. The average molecular weight is 449 g/mol. The highest BCUT2D eigenvalue weighted by atomic mass is 32.2. The number of amides is 1. The van der Waals surface area contributed by atoms with Gasteiger partial charge in [0.25, 0.3) is 0 Å². The Bertz CT molecular complexity index is 1170. The summed E-state index contributed by atoms with van der Waals surface area (Å²) in [5.74, 6) is 1.69. The number of thioether (sulfide) groups is 1. The highest BCUT2D eigenvalue weighted by molar-refractivity contribution is 7.99. The first-order valence-corrected chi connectivity index (χ1v) is 11.3. The molecule has 0 radical (unpaired) electrons.